The van der Waals surface area contributed by atoms with Gasteiger partial charge in [0.25, 0.3) is 0 Å². The standard InChI is InChI=1S/C113H192O16P2/c1-4-7-10-13-16-19-22-25-28-31-34-37-40-43-45-47-49-51-53-55-57-59-61-64-66-69-72-75-78-81-84-87-90-93-96-99-111(116)123-102-108(114)103-125-130(119,120)126-104-109(115)105-127-131(121,122)128-107-110(129-113(118)101-98-95-92-89-86-83-80-77-74-71-68-63-42-39-36-33-30-27-24-21-18-15-12-9-6-3)106-124-112(117)100-97-94-91-88-85-82-79-76-73-70-67-65-62-60-58-56-54-52-50-48-46-44-41-38-35-32-29-26-23-20-17-14-11-8-5-2/h7-12,16-21,25-30,34-39,43-46,63,68,74,77,108-110,114-115H,4-6,13-15,22-24,31-33,40-42,47-62,64-67,69-73,75-76,78-107H2,1-3H3,(H,119,120)(H,121,122)/b10-7-,11-8-,12-9-,19-16-,20-17-,21-18-,28-25-,29-26-,30-27-,37-34-,38-35-,39-36-,45-43-,46-44-,68-63-,77-74-. The lowest BCUT2D eigenvalue weighted by molar-refractivity contribution is -0.161. The third kappa shape index (κ3) is 105. The van der Waals surface area contributed by atoms with Gasteiger partial charge >= 0.3 is 33.6 Å². The van der Waals surface area contributed by atoms with Gasteiger partial charge in [0.15, 0.2) is 6.10 Å². The summed E-state index contributed by atoms with van der Waals surface area (Å²) in [4.78, 5) is 59.2. The highest BCUT2D eigenvalue weighted by atomic mass is 31.2. The van der Waals surface area contributed by atoms with Gasteiger partial charge in [-0.15, -0.1) is 0 Å². The zero-order valence-electron chi connectivity index (χ0n) is 83.2. The molecule has 0 heterocycles. The van der Waals surface area contributed by atoms with Gasteiger partial charge in [0.1, 0.15) is 25.4 Å². The number of unbranched alkanes of at least 4 members (excludes halogenated alkanes) is 44. The van der Waals surface area contributed by atoms with Crippen molar-refractivity contribution in [1.29, 1.82) is 0 Å². The number of allylic oxidation sites excluding steroid dienone is 32. The van der Waals surface area contributed by atoms with E-state index in [9.17, 15) is 43.5 Å². The smallest absolute Gasteiger partial charge is 0.463 e. The first-order valence-electron chi connectivity index (χ1n) is 52.7. The van der Waals surface area contributed by atoms with Crippen LogP contribution in [0.1, 0.15) is 445 Å². The summed E-state index contributed by atoms with van der Waals surface area (Å²) in [6.07, 6.45) is 139. The van der Waals surface area contributed by atoms with Gasteiger partial charge in [-0.1, -0.05) is 459 Å². The summed E-state index contributed by atoms with van der Waals surface area (Å²) in [5.41, 5.74) is 0. The van der Waals surface area contributed by atoms with Crippen LogP contribution in [0.5, 0.6) is 0 Å². The third-order valence-electron chi connectivity index (χ3n) is 22.3. The average molecular weight is 1870 g/mol. The first-order valence-corrected chi connectivity index (χ1v) is 55.7. The number of hydrogen-bond acceptors (Lipinski definition) is 14. The highest BCUT2D eigenvalue weighted by Crippen LogP contribution is 2.45. The Kier molecular flexibility index (Phi) is 98.9. The van der Waals surface area contributed by atoms with Crippen LogP contribution in [0.2, 0.25) is 0 Å². The Bertz CT molecular complexity index is 3160. The largest absolute Gasteiger partial charge is 0.472 e. The SMILES string of the molecule is CC/C=C\C/C=C\C/C=C\C/C=C\C/C=C\C/C=C\CCCCCCCCC(=O)OC(COC(=O)CCCCCCCCCCCCCCCCCCCCC/C=C\C/C=C\C/C=C\C/C=C\C/C=C\CC)COP(=O)(O)OCC(O)COP(=O)(O)OCC(O)COC(=O)CCCCCCCCCCCCCCCCCCCCC/C=C\C/C=C\C/C=C\C/C=C\C/C=C\CC. The second-order valence-electron chi connectivity index (χ2n) is 34.9. The summed E-state index contributed by atoms with van der Waals surface area (Å²) in [5, 5.41) is 20.8. The Balaban J connectivity index is 4.57. The van der Waals surface area contributed by atoms with Crippen molar-refractivity contribution in [3.63, 3.8) is 0 Å². The highest BCUT2D eigenvalue weighted by molar-refractivity contribution is 7.47. The second-order valence-corrected chi connectivity index (χ2v) is 37.8. The predicted molar refractivity (Wildman–Crippen MR) is 555 cm³/mol. The Morgan fingerprint density at radius 1 is 0.214 bits per heavy atom. The van der Waals surface area contributed by atoms with E-state index < -0.39 is 91.5 Å². The van der Waals surface area contributed by atoms with Crippen LogP contribution in [0, 0.1) is 0 Å². The Labute approximate surface area is 801 Å². The fourth-order valence-corrected chi connectivity index (χ4v) is 16.0. The molecule has 5 unspecified atom stereocenters. The van der Waals surface area contributed by atoms with E-state index in [-0.39, 0.29) is 19.3 Å². The van der Waals surface area contributed by atoms with Crippen LogP contribution in [0.25, 0.3) is 0 Å². The topological polar surface area (TPSA) is 231 Å². The van der Waals surface area contributed by atoms with Crippen molar-refractivity contribution < 1.29 is 75.8 Å². The second kappa shape index (κ2) is 103. The minimum Gasteiger partial charge on any atom is -0.463 e. The van der Waals surface area contributed by atoms with Crippen molar-refractivity contribution in [3.8, 4) is 0 Å². The number of phosphoric acid groups is 2. The molecule has 5 atom stereocenters. The van der Waals surface area contributed by atoms with E-state index in [2.05, 4.69) is 215 Å². The minimum atomic E-state index is -4.95. The van der Waals surface area contributed by atoms with Crippen molar-refractivity contribution in [2.75, 3.05) is 39.6 Å². The maximum Gasteiger partial charge on any atom is 0.472 e. The van der Waals surface area contributed by atoms with E-state index in [0.717, 1.165) is 180 Å². The lowest BCUT2D eigenvalue weighted by Crippen LogP contribution is -2.30. The third-order valence-corrected chi connectivity index (χ3v) is 24.2. The van der Waals surface area contributed by atoms with Gasteiger partial charge in [0.2, 0.25) is 0 Å². The van der Waals surface area contributed by atoms with Gasteiger partial charge in [-0.3, -0.25) is 32.5 Å². The monoisotopic (exact) mass is 1870 g/mol. The van der Waals surface area contributed by atoms with Crippen LogP contribution < -0.4 is 0 Å². The molecule has 18 heteroatoms. The number of rotatable bonds is 99. The number of phosphoric ester groups is 2. The van der Waals surface area contributed by atoms with E-state index in [0.29, 0.717) is 19.3 Å². The van der Waals surface area contributed by atoms with Gasteiger partial charge in [0.05, 0.1) is 26.4 Å². The Morgan fingerprint density at radius 3 is 0.603 bits per heavy atom. The van der Waals surface area contributed by atoms with Crippen molar-refractivity contribution in [2.45, 2.75) is 463 Å². The van der Waals surface area contributed by atoms with Crippen LogP contribution >= 0.6 is 15.6 Å². The molecular weight excluding hydrogens is 1680 g/mol. The molecule has 0 aromatic heterocycles. The first-order chi connectivity index (χ1) is 64.2. The number of carbonyl (C=O) groups excluding carboxylic acids is 3. The number of esters is 3. The van der Waals surface area contributed by atoms with E-state index in [4.69, 9.17) is 32.3 Å². The molecule has 131 heavy (non-hydrogen) atoms. The summed E-state index contributed by atoms with van der Waals surface area (Å²) in [5.74, 6) is -1.58. The molecule has 0 amide bonds. The fourth-order valence-electron chi connectivity index (χ4n) is 14.5. The molecule has 750 valence electrons. The van der Waals surface area contributed by atoms with Crippen LogP contribution in [-0.2, 0) is 55.8 Å². The molecule has 4 N–H and O–H groups in total. The van der Waals surface area contributed by atoms with Crippen LogP contribution in [0.15, 0.2) is 194 Å². The lowest BCUT2D eigenvalue weighted by Gasteiger charge is -2.21. The van der Waals surface area contributed by atoms with Crippen LogP contribution in [0.3, 0.4) is 0 Å². The number of hydrogen-bond donors (Lipinski definition) is 4. The molecule has 0 aliphatic heterocycles. The zero-order valence-corrected chi connectivity index (χ0v) is 85.0. The molecule has 0 radical (unpaired) electrons. The van der Waals surface area contributed by atoms with E-state index >= 15 is 0 Å². The summed E-state index contributed by atoms with van der Waals surface area (Å²) in [7, 11) is -9.83. The average Bonchev–Trinajstić information content (AvgIpc) is 0.896. The Morgan fingerprint density at radius 2 is 0.382 bits per heavy atom. The number of aliphatic hydroxyl groups excluding tert-OH is 2. The molecule has 0 aliphatic carbocycles. The Hall–Kier alpha value is -5.61. The van der Waals surface area contributed by atoms with Gasteiger partial charge in [0, 0.05) is 19.3 Å². The normalized spacial score (nSPS) is 14.4. The van der Waals surface area contributed by atoms with Gasteiger partial charge in [-0.25, -0.2) is 9.13 Å². The maximum atomic E-state index is 13.1. The molecule has 0 saturated carbocycles. The highest BCUT2D eigenvalue weighted by Gasteiger charge is 2.30. The summed E-state index contributed by atoms with van der Waals surface area (Å²) >= 11 is 0. The first kappa shape index (κ1) is 125. The number of carbonyl (C=O) groups is 3. The summed E-state index contributed by atoms with van der Waals surface area (Å²) in [6.45, 7) is 2.40. The molecule has 0 spiro atoms. The van der Waals surface area contributed by atoms with Gasteiger partial charge in [-0.05, 0) is 161 Å². The lowest BCUT2D eigenvalue weighted by atomic mass is 10.0. The molecular formula is C113H192O16P2. The molecule has 0 fully saturated rings. The van der Waals surface area contributed by atoms with Gasteiger partial charge in [-0.2, -0.15) is 0 Å². The summed E-state index contributed by atoms with van der Waals surface area (Å²) in [6, 6.07) is 0. The summed E-state index contributed by atoms with van der Waals surface area (Å²) < 4.78 is 61.7. The van der Waals surface area contributed by atoms with Crippen molar-refractivity contribution in [2.24, 2.45) is 0 Å². The van der Waals surface area contributed by atoms with Crippen LogP contribution in [0.4, 0.5) is 0 Å². The molecule has 0 rings (SSSR count). The van der Waals surface area contributed by atoms with E-state index in [1.54, 1.807) is 0 Å². The molecule has 0 bridgehead atoms. The molecule has 0 aliphatic rings. The van der Waals surface area contributed by atoms with Crippen molar-refractivity contribution in [1.82, 2.24) is 0 Å². The quantitative estimate of drug-likeness (QED) is 0.0146. The fraction of sp³-hybridized carbons (Fsp3) is 0.690. The number of aliphatic hydroxyl groups is 2. The zero-order chi connectivity index (χ0) is 95.0. The molecule has 0 aromatic carbocycles. The van der Waals surface area contributed by atoms with Gasteiger partial charge < -0.3 is 34.2 Å². The van der Waals surface area contributed by atoms with Crippen molar-refractivity contribution in [3.05, 3.63) is 194 Å². The maximum absolute atomic E-state index is 13.1. The van der Waals surface area contributed by atoms with E-state index in [1.807, 2.05) is 0 Å². The number of ether oxygens (including phenoxy) is 3. The molecule has 0 aromatic rings. The predicted octanol–water partition coefficient (Wildman–Crippen LogP) is 33.7. The van der Waals surface area contributed by atoms with Crippen molar-refractivity contribution >= 4 is 33.6 Å². The van der Waals surface area contributed by atoms with E-state index in [1.165, 1.54) is 205 Å². The van der Waals surface area contributed by atoms with Crippen LogP contribution in [-0.4, -0.2) is 95.9 Å². The molecule has 0 saturated heterocycles. The molecule has 16 nitrogen and oxygen atoms in total. The minimum absolute atomic E-state index is 0.0837.